The van der Waals surface area contributed by atoms with E-state index in [9.17, 15) is 18.0 Å². The number of piperazine rings is 1. The van der Waals surface area contributed by atoms with Gasteiger partial charge in [0.1, 0.15) is 0 Å². The minimum absolute atomic E-state index is 0. The van der Waals surface area contributed by atoms with E-state index in [1.165, 1.54) is 12.1 Å². The van der Waals surface area contributed by atoms with Crippen LogP contribution < -0.4 is 10.6 Å². The van der Waals surface area contributed by atoms with Gasteiger partial charge in [0.25, 0.3) is 0 Å². The Morgan fingerprint density at radius 2 is 1.81 bits per heavy atom. The average Bonchev–Trinajstić information content (AvgIpc) is 2.70. The van der Waals surface area contributed by atoms with Crippen LogP contribution in [0.25, 0.3) is 0 Å². The highest BCUT2D eigenvalue weighted by Gasteiger charge is 2.31. The van der Waals surface area contributed by atoms with Crippen LogP contribution in [0.2, 0.25) is 0 Å². The minimum Gasteiger partial charge on any atom is -0.359 e. The molecule has 0 atom stereocenters. The van der Waals surface area contributed by atoms with Gasteiger partial charge >= 0.3 is 6.18 Å². The fourth-order valence-corrected chi connectivity index (χ4v) is 3.33. The van der Waals surface area contributed by atoms with Crippen molar-refractivity contribution in [1.29, 1.82) is 0 Å². The Balaban J connectivity index is 0.00000480. The average molecular weight is 555 g/mol. The predicted octanol–water partition coefficient (Wildman–Crippen LogP) is 3.18. The number of hydrogen-bond acceptors (Lipinski definition) is 3. The highest BCUT2D eigenvalue weighted by molar-refractivity contribution is 14.0. The third-order valence-electron chi connectivity index (χ3n) is 5.13. The Bertz CT molecular complexity index is 747. The summed E-state index contributed by atoms with van der Waals surface area (Å²) in [6, 6.07) is 5.51. The molecule has 1 fully saturated rings. The Kier molecular flexibility index (Phi) is 10.5. The van der Waals surface area contributed by atoms with Crippen molar-refractivity contribution in [3.05, 3.63) is 35.4 Å². The molecular formula is C21H33F3IN5O. The van der Waals surface area contributed by atoms with Crippen molar-refractivity contribution >= 4 is 35.8 Å². The lowest BCUT2D eigenvalue weighted by molar-refractivity contribution is -0.137. The second-order valence-electron chi connectivity index (χ2n) is 8.09. The van der Waals surface area contributed by atoms with Crippen LogP contribution in [0.15, 0.2) is 29.3 Å². The van der Waals surface area contributed by atoms with Gasteiger partial charge in [-0.3, -0.25) is 14.7 Å². The Morgan fingerprint density at radius 3 is 2.35 bits per heavy atom. The van der Waals surface area contributed by atoms with Crippen LogP contribution in [-0.2, 0) is 17.5 Å². The van der Waals surface area contributed by atoms with Crippen LogP contribution >= 0.6 is 24.0 Å². The highest BCUT2D eigenvalue weighted by Crippen LogP contribution is 2.29. The first kappa shape index (κ1) is 27.5. The number of halogens is 4. The summed E-state index contributed by atoms with van der Waals surface area (Å²) in [6.07, 6.45) is -4.33. The molecule has 1 aromatic carbocycles. The number of amides is 1. The zero-order valence-electron chi connectivity index (χ0n) is 18.6. The van der Waals surface area contributed by atoms with E-state index in [1.54, 1.807) is 13.1 Å². The number of nitrogens with one attached hydrogen (secondary N) is 2. The summed E-state index contributed by atoms with van der Waals surface area (Å²) in [5.74, 6) is 0.696. The number of carbonyl (C=O) groups is 1. The topological polar surface area (TPSA) is 60.0 Å². The SMILES string of the molecule is CCNC(=NCC(C)(C)C(=O)NC)N1CCN(Cc2cccc(C(F)(F)F)c2)CC1.I. The van der Waals surface area contributed by atoms with E-state index in [0.29, 0.717) is 38.3 Å². The molecule has 1 amide bonds. The fourth-order valence-electron chi connectivity index (χ4n) is 3.33. The summed E-state index contributed by atoms with van der Waals surface area (Å²) in [7, 11) is 1.61. The quantitative estimate of drug-likeness (QED) is 0.322. The van der Waals surface area contributed by atoms with Gasteiger partial charge in [-0.15, -0.1) is 24.0 Å². The summed E-state index contributed by atoms with van der Waals surface area (Å²) >= 11 is 0. The summed E-state index contributed by atoms with van der Waals surface area (Å²) in [5.41, 5.74) is -0.564. The van der Waals surface area contributed by atoms with E-state index in [-0.39, 0.29) is 29.9 Å². The zero-order chi connectivity index (χ0) is 22.4. The van der Waals surface area contributed by atoms with Gasteiger partial charge in [-0.25, -0.2) is 0 Å². The first-order valence-corrected chi connectivity index (χ1v) is 10.2. The minimum atomic E-state index is -4.33. The standard InChI is InChI=1S/C21H32F3N5O.HI/c1-5-26-19(27-15-20(2,3)18(30)25-4)29-11-9-28(10-12-29)14-16-7-6-8-17(13-16)21(22,23)24;/h6-8,13H,5,9-12,14-15H2,1-4H3,(H,25,30)(H,26,27);1H. The maximum Gasteiger partial charge on any atom is 0.416 e. The number of carbonyl (C=O) groups excluding carboxylic acids is 1. The molecule has 2 rings (SSSR count). The molecule has 1 heterocycles. The van der Waals surface area contributed by atoms with Gasteiger partial charge in [0, 0.05) is 46.3 Å². The molecule has 31 heavy (non-hydrogen) atoms. The lowest BCUT2D eigenvalue weighted by Crippen LogP contribution is -2.52. The lowest BCUT2D eigenvalue weighted by atomic mass is 9.93. The molecule has 10 heteroatoms. The maximum atomic E-state index is 12.9. The van der Waals surface area contributed by atoms with Crippen LogP contribution in [-0.4, -0.2) is 68.0 Å². The van der Waals surface area contributed by atoms with Crippen LogP contribution in [0.3, 0.4) is 0 Å². The van der Waals surface area contributed by atoms with Gasteiger partial charge in [-0.05, 0) is 32.4 Å². The second kappa shape index (κ2) is 11.9. The van der Waals surface area contributed by atoms with Crippen LogP contribution in [0.4, 0.5) is 13.2 Å². The summed E-state index contributed by atoms with van der Waals surface area (Å²) in [6.45, 7) is 10.1. The monoisotopic (exact) mass is 555 g/mol. The van der Waals surface area contributed by atoms with Gasteiger partial charge < -0.3 is 15.5 Å². The van der Waals surface area contributed by atoms with Crippen LogP contribution in [0, 0.1) is 5.41 Å². The number of rotatable bonds is 6. The largest absolute Gasteiger partial charge is 0.416 e. The lowest BCUT2D eigenvalue weighted by Gasteiger charge is -2.37. The smallest absolute Gasteiger partial charge is 0.359 e. The molecule has 1 saturated heterocycles. The number of hydrogen-bond donors (Lipinski definition) is 2. The van der Waals surface area contributed by atoms with E-state index >= 15 is 0 Å². The number of guanidine groups is 1. The van der Waals surface area contributed by atoms with E-state index in [2.05, 4.69) is 25.4 Å². The van der Waals surface area contributed by atoms with Crippen LogP contribution in [0.1, 0.15) is 31.9 Å². The van der Waals surface area contributed by atoms with Gasteiger partial charge in [0.2, 0.25) is 5.91 Å². The van der Waals surface area contributed by atoms with Crippen molar-refractivity contribution in [3.63, 3.8) is 0 Å². The molecule has 0 aliphatic carbocycles. The third kappa shape index (κ3) is 8.13. The molecule has 0 unspecified atom stereocenters. The predicted molar refractivity (Wildman–Crippen MR) is 128 cm³/mol. The van der Waals surface area contributed by atoms with E-state index < -0.39 is 17.2 Å². The molecule has 176 valence electrons. The number of nitrogens with zero attached hydrogens (tertiary/aromatic N) is 3. The molecule has 0 radical (unpaired) electrons. The number of aliphatic imine (C=N–C) groups is 1. The summed E-state index contributed by atoms with van der Waals surface area (Å²) in [4.78, 5) is 20.9. The number of benzene rings is 1. The van der Waals surface area contributed by atoms with Crippen molar-refractivity contribution in [3.8, 4) is 0 Å². The van der Waals surface area contributed by atoms with E-state index in [4.69, 9.17) is 0 Å². The normalized spacial score (nSPS) is 16.0. The molecule has 1 aliphatic heterocycles. The van der Waals surface area contributed by atoms with Gasteiger partial charge in [0.15, 0.2) is 5.96 Å². The molecule has 1 aliphatic rings. The third-order valence-corrected chi connectivity index (χ3v) is 5.13. The van der Waals surface area contributed by atoms with Crippen LogP contribution in [0.5, 0.6) is 0 Å². The zero-order valence-corrected chi connectivity index (χ0v) is 20.9. The van der Waals surface area contributed by atoms with Crippen molar-refractivity contribution in [2.24, 2.45) is 10.4 Å². The molecule has 0 bridgehead atoms. The van der Waals surface area contributed by atoms with Crippen molar-refractivity contribution in [2.45, 2.75) is 33.5 Å². The Hall–Kier alpha value is -1.56. The molecule has 0 spiro atoms. The molecule has 0 aromatic heterocycles. The first-order chi connectivity index (χ1) is 14.1. The van der Waals surface area contributed by atoms with Crippen molar-refractivity contribution in [1.82, 2.24) is 20.4 Å². The second-order valence-corrected chi connectivity index (χ2v) is 8.09. The Morgan fingerprint density at radius 1 is 1.16 bits per heavy atom. The first-order valence-electron chi connectivity index (χ1n) is 10.2. The van der Waals surface area contributed by atoms with Gasteiger partial charge in [-0.2, -0.15) is 13.2 Å². The van der Waals surface area contributed by atoms with Crippen molar-refractivity contribution in [2.75, 3.05) is 46.3 Å². The van der Waals surface area contributed by atoms with E-state index in [1.807, 2.05) is 20.8 Å². The fraction of sp³-hybridized carbons (Fsp3) is 0.619. The molecule has 1 aromatic rings. The van der Waals surface area contributed by atoms with Gasteiger partial charge in [0.05, 0.1) is 17.5 Å². The Labute approximate surface area is 199 Å². The molecule has 2 N–H and O–H groups in total. The molecule has 6 nitrogen and oxygen atoms in total. The molecule has 0 saturated carbocycles. The summed E-state index contributed by atoms with van der Waals surface area (Å²) in [5, 5.41) is 5.93. The van der Waals surface area contributed by atoms with Gasteiger partial charge in [-0.1, -0.05) is 18.2 Å². The highest BCUT2D eigenvalue weighted by atomic mass is 127. The maximum absolute atomic E-state index is 12.9. The van der Waals surface area contributed by atoms with E-state index in [0.717, 1.165) is 25.1 Å². The summed E-state index contributed by atoms with van der Waals surface area (Å²) < 4.78 is 38.8. The molecular weight excluding hydrogens is 522 g/mol. The number of alkyl halides is 3. The van der Waals surface area contributed by atoms with Crippen molar-refractivity contribution < 1.29 is 18.0 Å².